The summed E-state index contributed by atoms with van der Waals surface area (Å²) in [4.78, 5) is 0. The van der Waals surface area contributed by atoms with E-state index < -0.39 is 15.5 Å². The Morgan fingerprint density at radius 1 is 1.17 bits per heavy atom. The Labute approximate surface area is 143 Å². The molecule has 2 aromatic rings. The highest BCUT2D eigenvalue weighted by atomic mass is 32.2. The molecule has 1 unspecified atom stereocenters. The van der Waals surface area contributed by atoms with E-state index in [1.165, 1.54) is 0 Å². The molecule has 1 aliphatic rings. The van der Waals surface area contributed by atoms with E-state index in [1.54, 1.807) is 4.58 Å². The van der Waals surface area contributed by atoms with Gasteiger partial charge in [-0.15, -0.1) is 0 Å². The highest BCUT2D eigenvalue weighted by Gasteiger charge is 2.48. The minimum atomic E-state index is -4.43. The normalized spacial score (nSPS) is 18.0. The first-order chi connectivity index (χ1) is 11.2. The molecule has 4 nitrogen and oxygen atoms in total. The molecule has 1 atom stereocenters. The summed E-state index contributed by atoms with van der Waals surface area (Å²) in [5.41, 5.74) is 2.52. The van der Waals surface area contributed by atoms with Crippen LogP contribution in [0.3, 0.4) is 0 Å². The maximum Gasteiger partial charge on any atom is 0.246 e. The van der Waals surface area contributed by atoms with Crippen molar-refractivity contribution < 1.29 is 17.5 Å². The van der Waals surface area contributed by atoms with Gasteiger partial charge in [-0.25, -0.2) is 8.42 Å². The van der Waals surface area contributed by atoms with Gasteiger partial charge < -0.3 is 4.55 Å². The molecule has 0 N–H and O–H groups in total. The van der Waals surface area contributed by atoms with Crippen LogP contribution in [0.4, 0.5) is 5.69 Å². The van der Waals surface area contributed by atoms with Gasteiger partial charge in [0.25, 0.3) is 0 Å². The molecule has 24 heavy (non-hydrogen) atoms. The molecule has 128 valence electrons. The predicted molar refractivity (Wildman–Crippen MR) is 96.0 cm³/mol. The lowest BCUT2D eigenvalue weighted by atomic mass is 9.80. The summed E-state index contributed by atoms with van der Waals surface area (Å²) >= 11 is 0. The van der Waals surface area contributed by atoms with Crippen LogP contribution >= 0.6 is 0 Å². The molecule has 2 aromatic carbocycles. The summed E-state index contributed by atoms with van der Waals surface area (Å²) in [6, 6.07) is 12.0. The zero-order chi connectivity index (χ0) is 17.7. The van der Waals surface area contributed by atoms with E-state index in [0.717, 1.165) is 27.7 Å². The SMILES string of the molecule is CCCC([N+]1=C(C)C(C)(C)c2c1ccc1ccccc21)S(=O)(=O)[O-]. The maximum atomic E-state index is 11.9. The van der Waals surface area contributed by atoms with E-state index in [1.807, 2.05) is 38.1 Å². The summed E-state index contributed by atoms with van der Waals surface area (Å²) in [6.07, 6.45) is 0.963. The van der Waals surface area contributed by atoms with Crippen molar-refractivity contribution in [2.75, 3.05) is 0 Å². The van der Waals surface area contributed by atoms with E-state index in [4.69, 9.17) is 0 Å². The van der Waals surface area contributed by atoms with E-state index in [-0.39, 0.29) is 5.41 Å². The van der Waals surface area contributed by atoms with Crippen molar-refractivity contribution >= 4 is 32.3 Å². The highest BCUT2D eigenvalue weighted by Crippen LogP contribution is 2.45. The monoisotopic (exact) mass is 345 g/mol. The summed E-state index contributed by atoms with van der Waals surface area (Å²) in [5.74, 6) is 0. The molecular weight excluding hydrogens is 322 g/mol. The molecule has 0 aromatic heterocycles. The van der Waals surface area contributed by atoms with Crippen LogP contribution in [0.1, 0.15) is 46.1 Å². The smallest absolute Gasteiger partial charge is 0.246 e. The van der Waals surface area contributed by atoms with Gasteiger partial charge in [0, 0.05) is 25.0 Å². The first-order valence-corrected chi connectivity index (χ1v) is 9.77. The lowest BCUT2D eigenvalue weighted by Gasteiger charge is -2.19. The number of rotatable bonds is 4. The third-order valence-electron chi connectivity index (χ3n) is 5.21. The topological polar surface area (TPSA) is 60.2 Å². The molecule has 1 aliphatic heterocycles. The van der Waals surface area contributed by atoms with E-state index >= 15 is 0 Å². The molecule has 0 saturated carbocycles. The molecule has 5 heteroatoms. The van der Waals surface area contributed by atoms with Crippen molar-refractivity contribution in [2.45, 2.75) is 51.3 Å². The van der Waals surface area contributed by atoms with Gasteiger partial charge in [-0.1, -0.05) is 31.2 Å². The molecule has 0 amide bonds. The Balaban J connectivity index is 2.35. The summed E-state index contributed by atoms with van der Waals surface area (Å²) < 4.78 is 37.5. The first-order valence-electron chi connectivity index (χ1n) is 8.29. The summed E-state index contributed by atoms with van der Waals surface area (Å²) in [7, 11) is -4.43. The van der Waals surface area contributed by atoms with Crippen LogP contribution in [0.5, 0.6) is 0 Å². The number of nitrogens with zero attached hydrogens (tertiary/aromatic N) is 1. The summed E-state index contributed by atoms with van der Waals surface area (Å²) in [5, 5.41) is 1.18. The van der Waals surface area contributed by atoms with Crippen LogP contribution in [0.2, 0.25) is 0 Å². The number of benzene rings is 2. The molecule has 0 fully saturated rings. The van der Waals surface area contributed by atoms with Gasteiger partial charge in [0.15, 0.2) is 15.8 Å². The van der Waals surface area contributed by atoms with Crippen LogP contribution in [0.25, 0.3) is 10.8 Å². The van der Waals surface area contributed by atoms with Crippen LogP contribution in [0, 0.1) is 0 Å². The van der Waals surface area contributed by atoms with Gasteiger partial charge in [-0.3, -0.25) is 0 Å². The van der Waals surface area contributed by atoms with Crippen molar-refractivity contribution in [2.24, 2.45) is 0 Å². The van der Waals surface area contributed by atoms with Crippen molar-refractivity contribution in [1.29, 1.82) is 0 Å². The average molecular weight is 345 g/mol. The maximum absolute atomic E-state index is 11.9. The van der Waals surface area contributed by atoms with E-state index in [2.05, 4.69) is 26.0 Å². The largest absolute Gasteiger partial charge is 0.743 e. The molecule has 0 spiro atoms. The lowest BCUT2D eigenvalue weighted by Crippen LogP contribution is -2.35. The average Bonchev–Trinajstić information content (AvgIpc) is 2.71. The third-order valence-corrected chi connectivity index (χ3v) is 6.33. The Bertz CT molecular complexity index is 942. The number of hydrogen-bond acceptors (Lipinski definition) is 3. The van der Waals surface area contributed by atoms with Gasteiger partial charge in [0.1, 0.15) is 0 Å². The highest BCUT2D eigenvalue weighted by molar-refractivity contribution is 7.86. The molecule has 0 aliphatic carbocycles. The molecule has 0 bridgehead atoms. The second-order valence-electron chi connectivity index (χ2n) is 7.00. The zero-order valence-electron chi connectivity index (χ0n) is 14.5. The number of fused-ring (bicyclic) bond motifs is 3. The second-order valence-corrected chi connectivity index (χ2v) is 8.53. The van der Waals surface area contributed by atoms with Crippen LogP contribution in [-0.4, -0.2) is 28.6 Å². The second kappa shape index (κ2) is 5.67. The van der Waals surface area contributed by atoms with Crippen molar-refractivity contribution in [3.8, 4) is 0 Å². The summed E-state index contributed by atoms with van der Waals surface area (Å²) in [6.45, 7) is 8.01. The van der Waals surface area contributed by atoms with Crippen LogP contribution < -0.4 is 0 Å². The van der Waals surface area contributed by atoms with Gasteiger partial charge in [0.05, 0.1) is 5.41 Å². The Morgan fingerprint density at radius 2 is 1.83 bits per heavy atom. The first kappa shape index (κ1) is 17.1. The molecule has 0 radical (unpaired) electrons. The standard InChI is InChI=1S/C19H23NO3S/c1-5-8-17(24(21,22)23)20-13(2)19(3,4)18-15-10-7-6-9-14(15)11-12-16(18)20/h6-7,9-12,17H,5,8H2,1-4H3. The molecule has 3 rings (SSSR count). The van der Waals surface area contributed by atoms with Gasteiger partial charge in [-0.05, 0) is 37.1 Å². The predicted octanol–water partition coefficient (Wildman–Crippen LogP) is 3.91. The van der Waals surface area contributed by atoms with Gasteiger partial charge in [0.2, 0.25) is 11.1 Å². The Morgan fingerprint density at radius 3 is 2.46 bits per heavy atom. The quantitative estimate of drug-likeness (QED) is 0.623. The van der Waals surface area contributed by atoms with Crippen molar-refractivity contribution in [1.82, 2.24) is 0 Å². The van der Waals surface area contributed by atoms with Gasteiger partial charge in [-0.2, -0.15) is 4.58 Å². The third kappa shape index (κ3) is 2.47. The van der Waals surface area contributed by atoms with Gasteiger partial charge >= 0.3 is 0 Å². The fourth-order valence-corrected chi connectivity index (χ4v) is 4.86. The fraction of sp³-hybridized carbons (Fsp3) is 0.421. The van der Waals surface area contributed by atoms with Crippen molar-refractivity contribution in [3.05, 3.63) is 42.0 Å². The Hall–Kier alpha value is -1.72. The Kier molecular flexibility index (Phi) is 4.04. The van der Waals surface area contributed by atoms with E-state index in [0.29, 0.717) is 12.8 Å². The fourth-order valence-electron chi connectivity index (χ4n) is 3.80. The molecule has 0 saturated heterocycles. The van der Waals surface area contributed by atoms with Crippen LogP contribution in [0.15, 0.2) is 36.4 Å². The minimum Gasteiger partial charge on any atom is -0.743 e. The van der Waals surface area contributed by atoms with Crippen LogP contribution in [-0.2, 0) is 15.5 Å². The van der Waals surface area contributed by atoms with E-state index in [9.17, 15) is 13.0 Å². The number of hydrogen-bond donors (Lipinski definition) is 0. The minimum absolute atomic E-state index is 0.325. The molecular formula is C19H23NO3S. The molecule has 1 heterocycles. The lowest BCUT2D eigenvalue weighted by molar-refractivity contribution is -0.459. The van der Waals surface area contributed by atoms with Crippen molar-refractivity contribution in [3.63, 3.8) is 0 Å². The zero-order valence-corrected chi connectivity index (χ0v) is 15.4.